The fourth-order valence-electron chi connectivity index (χ4n) is 4.86. The van der Waals surface area contributed by atoms with Gasteiger partial charge in [-0.15, -0.1) is 0 Å². The normalized spacial score (nSPS) is 17.4. The standard InChI is InChI=1S/C30H33N3O3/c1-20-17-24(34)23(19-32-13-15-33(16-14-32)26-7-5-6-12-31-26)29-27(20)28(35)25(36-29)18-21-8-10-22(11-9-21)30(2,3)4/h5-12,17-18,34H,13-16,19H2,1-4H3/b25-18+. The molecule has 2 aliphatic rings. The van der Waals surface area contributed by atoms with E-state index in [9.17, 15) is 9.90 Å². The number of Topliss-reactive ketones (excluding diaryl/α,β-unsaturated/α-hetero) is 1. The highest BCUT2D eigenvalue weighted by molar-refractivity contribution is 6.15. The third-order valence-electron chi connectivity index (χ3n) is 7.02. The van der Waals surface area contributed by atoms with Crippen LogP contribution in [0.15, 0.2) is 60.5 Å². The van der Waals surface area contributed by atoms with Gasteiger partial charge >= 0.3 is 0 Å². The highest BCUT2D eigenvalue weighted by Gasteiger charge is 2.34. The Balaban J connectivity index is 1.35. The second-order valence-corrected chi connectivity index (χ2v) is 10.7. The number of hydrogen-bond acceptors (Lipinski definition) is 6. The number of benzene rings is 2. The lowest BCUT2D eigenvalue weighted by Crippen LogP contribution is -2.46. The number of hydrogen-bond donors (Lipinski definition) is 1. The van der Waals surface area contributed by atoms with Crippen molar-refractivity contribution in [2.75, 3.05) is 31.1 Å². The quantitative estimate of drug-likeness (QED) is 0.506. The summed E-state index contributed by atoms with van der Waals surface area (Å²) in [6, 6.07) is 15.8. The highest BCUT2D eigenvalue weighted by Crippen LogP contribution is 2.42. The number of aromatic nitrogens is 1. The summed E-state index contributed by atoms with van der Waals surface area (Å²) in [7, 11) is 0. The summed E-state index contributed by atoms with van der Waals surface area (Å²) in [4.78, 5) is 22.3. The minimum Gasteiger partial charge on any atom is -0.507 e. The Kier molecular flexibility index (Phi) is 6.31. The minimum absolute atomic E-state index is 0.0637. The van der Waals surface area contributed by atoms with Crippen LogP contribution in [0, 0.1) is 6.92 Å². The minimum atomic E-state index is -0.136. The van der Waals surface area contributed by atoms with Crippen molar-refractivity contribution < 1.29 is 14.6 Å². The van der Waals surface area contributed by atoms with Crippen LogP contribution in [0.4, 0.5) is 5.82 Å². The zero-order valence-corrected chi connectivity index (χ0v) is 21.4. The number of carbonyl (C=O) groups is 1. The molecule has 2 aliphatic heterocycles. The van der Waals surface area contributed by atoms with Gasteiger partial charge in [-0.1, -0.05) is 51.1 Å². The van der Waals surface area contributed by atoms with Gasteiger partial charge in [-0.3, -0.25) is 9.69 Å². The van der Waals surface area contributed by atoms with Gasteiger partial charge < -0.3 is 14.7 Å². The summed E-state index contributed by atoms with van der Waals surface area (Å²) in [5.74, 6) is 1.80. The van der Waals surface area contributed by atoms with Crippen LogP contribution in [0.3, 0.4) is 0 Å². The molecule has 3 aromatic rings. The van der Waals surface area contributed by atoms with Crippen molar-refractivity contribution in [2.24, 2.45) is 0 Å². The van der Waals surface area contributed by atoms with Crippen molar-refractivity contribution in [3.8, 4) is 11.5 Å². The summed E-state index contributed by atoms with van der Waals surface area (Å²) in [6.45, 7) is 12.2. The Morgan fingerprint density at radius 3 is 2.42 bits per heavy atom. The summed E-state index contributed by atoms with van der Waals surface area (Å²) in [5.41, 5.74) is 4.15. The van der Waals surface area contributed by atoms with E-state index in [1.807, 2.05) is 43.5 Å². The van der Waals surface area contributed by atoms with E-state index < -0.39 is 0 Å². The van der Waals surface area contributed by atoms with Crippen molar-refractivity contribution in [2.45, 2.75) is 39.7 Å². The molecule has 0 spiro atoms. The maximum Gasteiger partial charge on any atom is 0.232 e. The predicted molar refractivity (Wildman–Crippen MR) is 143 cm³/mol. The maximum absolute atomic E-state index is 13.3. The van der Waals surface area contributed by atoms with Crippen LogP contribution in [0.1, 0.15) is 53.4 Å². The van der Waals surface area contributed by atoms with Gasteiger partial charge in [0.15, 0.2) is 5.76 Å². The molecule has 2 aromatic carbocycles. The number of anilines is 1. The van der Waals surface area contributed by atoms with Crippen LogP contribution in [0.5, 0.6) is 11.5 Å². The van der Waals surface area contributed by atoms with Crippen LogP contribution < -0.4 is 9.64 Å². The number of carbonyl (C=O) groups excluding carboxylic acids is 1. The molecule has 0 atom stereocenters. The number of piperazine rings is 1. The van der Waals surface area contributed by atoms with E-state index in [2.05, 4.69) is 47.7 Å². The van der Waals surface area contributed by atoms with Crippen LogP contribution in [0.2, 0.25) is 0 Å². The molecule has 6 heteroatoms. The first-order chi connectivity index (χ1) is 17.2. The molecule has 0 amide bonds. The summed E-state index contributed by atoms with van der Waals surface area (Å²) in [5, 5.41) is 10.8. The Morgan fingerprint density at radius 1 is 1.06 bits per heavy atom. The van der Waals surface area contributed by atoms with E-state index in [4.69, 9.17) is 4.74 Å². The summed E-state index contributed by atoms with van der Waals surface area (Å²) < 4.78 is 6.15. The number of aryl methyl sites for hydroxylation is 1. The smallest absolute Gasteiger partial charge is 0.232 e. The van der Waals surface area contributed by atoms with Crippen molar-refractivity contribution in [3.05, 3.63) is 88.3 Å². The number of fused-ring (bicyclic) bond motifs is 1. The highest BCUT2D eigenvalue weighted by atomic mass is 16.5. The number of phenolic OH excluding ortho intramolecular Hbond substituents is 1. The monoisotopic (exact) mass is 483 g/mol. The first-order valence-electron chi connectivity index (χ1n) is 12.5. The van der Waals surface area contributed by atoms with Gasteiger partial charge in [0.2, 0.25) is 5.78 Å². The van der Waals surface area contributed by atoms with Crippen molar-refractivity contribution >= 4 is 17.7 Å². The molecule has 1 fully saturated rings. The maximum atomic E-state index is 13.3. The lowest BCUT2D eigenvalue weighted by atomic mass is 9.86. The van der Waals surface area contributed by atoms with E-state index >= 15 is 0 Å². The average molecular weight is 484 g/mol. The van der Waals surface area contributed by atoms with E-state index in [0.29, 0.717) is 29.2 Å². The molecule has 0 aliphatic carbocycles. The number of nitrogens with zero attached hydrogens (tertiary/aromatic N) is 3. The first-order valence-corrected chi connectivity index (χ1v) is 12.5. The molecule has 0 bridgehead atoms. The van der Waals surface area contributed by atoms with Gasteiger partial charge in [0, 0.05) is 38.9 Å². The van der Waals surface area contributed by atoms with Gasteiger partial charge in [0.1, 0.15) is 17.3 Å². The van der Waals surface area contributed by atoms with Gasteiger partial charge in [-0.2, -0.15) is 0 Å². The fourth-order valence-corrected chi connectivity index (χ4v) is 4.86. The Hall–Kier alpha value is -3.64. The summed E-state index contributed by atoms with van der Waals surface area (Å²) >= 11 is 0. The average Bonchev–Trinajstić information content (AvgIpc) is 3.18. The molecule has 1 saturated heterocycles. The third-order valence-corrected chi connectivity index (χ3v) is 7.02. The van der Waals surface area contributed by atoms with Gasteiger partial charge in [-0.05, 0) is 53.3 Å². The van der Waals surface area contributed by atoms with Gasteiger partial charge in [0.25, 0.3) is 0 Å². The summed E-state index contributed by atoms with van der Waals surface area (Å²) in [6.07, 6.45) is 3.61. The molecule has 0 saturated carbocycles. The van der Waals surface area contributed by atoms with Gasteiger partial charge in [-0.25, -0.2) is 4.98 Å². The first kappa shape index (κ1) is 24.1. The van der Waals surface area contributed by atoms with E-state index in [0.717, 1.165) is 43.1 Å². The van der Waals surface area contributed by atoms with Crippen molar-refractivity contribution in [1.29, 1.82) is 0 Å². The van der Waals surface area contributed by atoms with Crippen LogP contribution in [0.25, 0.3) is 6.08 Å². The third kappa shape index (κ3) is 4.73. The zero-order valence-electron chi connectivity index (χ0n) is 21.4. The Bertz CT molecular complexity index is 1300. The molecular weight excluding hydrogens is 450 g/mol. The SMILES string of the molecule is Cc1cc(O)c(CN2CCN(c3ccccn3)CC2)c2c1C(=O)/C(=C\c1ccc(C(C)(C)C)cc1)O2. The fraction of sp³-hybridized carbons (Fsp3) is 0.333. The predicted octanol–water partition coefficient (Wildman–Crippen LogP) is 5.33. The zero-order chi connectivity index (χ0) is 25.4. The molecule has 3 heterocycles. The molecule has 5 rings (SSSR count). The largest absolute Gasteiger partial charge is 0.507 e. The second kappa shape index (κ2) is 9.43. The number of aromatic hydroxyl groups is 1. The Morgan fingerprint density at radius 2 is 1.78 bits per heavy atom. The molecule has 1 aromatic heterocycles. The molecule has 0 radical (unpaired) electrons. The number of phenols is 1. The van der Waals surface area contributed by atoms with Crippen LogP contribution in [-0.2, 0) is 12.0 Å². The van der Waals surface area contributed by atoms with Crippen molar-refractivity contribution in [1.82, 2.24) is 9.88 Å². The molecule has 6 nitrogen and oxygen atoms in total. The van der Waals surface area contributed by atoms with E-state index in [-0.39, 0.29) is 16.9 Å². The lowest BCUT2D eigenvalue weighted by Gasteiger charge is -2.35. The second-order valence-electron chi connectivity index (χ2n) is 10.7. The number of ketones is 1. The van der Waals surface area contributed by atoms with E-state index in [1.54, 1.807) is 12.1 Å². The molecular formula is C30H33N3O3. The number of pyridine rings is 1. The van der Waals surface area contributed by atoms with E-state index in [1.165, 1.54) is 5.56 Å². The van der Waals surface area contributed by atoms with Crippen LogP contribution in [-0.4, -0.2) is 47.0 Å². The van der Waals surface area contributed by atoms with Crippen molar-refractivity contribution in [3.63, 3.8) is 0 Å². The Labute approximate surface area is 212 Å². The number of rotatable bonds is 4. The molecule has 186 valence electrons. The topological polar surface area (TPSA) is 65.9 Å². The van der Waals surface area contributed by atoms with Gasteiger partial charge in [0.05, 0.1) is 11.1 Å². The number of allylic oxidation sites excluding steroid dienone is 1. The van der Waals surface area contributed by atoms with Crippen LogP contribution >= 0.6 is 0 Å². The molecule has 1 N–H and O–H groups in total. The molecule has 36 heavy (non-hydrogen) atoms. The number of ether oxygens (including phenoxy) is 1. The molecule has 0 unspecified atom stereocenters. The lowest BCUT2D eigenvalue weighted by molar-refractivity contribution is 0.101.